The number of nitrogens with one attached hydrogen (secondary N) is 1. The van der Waals surface area contributed by atoms with Crippen molar-refractivity contribution in [2.75, 3.05) is 5.32 Å². The maximum atomic E-state index is 11.7. The van der Waals surface area contributed by atoms with E-state index < -0.39 is 0 Å². The van der Waals surface area contributed by atoms with E-state index in [4.69, 9.17) is 23.2 Å². The number of carbonyl (C=O) groups is 1. The second kappa shape index (κ2) is 8.39. The molecule has 1 aromatic carbocycles. The smallest absolute Gasteiger partial charge is 0.224 e. The van der Waals surface area contributed by atoms with Gasteiger partial charge in [-0.25, -0.2) is 0 Å². The molecular formula is C14H19Cl2NO. The van der Waals surface area contributed by atoms with Crippen molar-refractivity contribution in [1.82, 2.24) is 0 Å². The number of hydrogen-bond donors (Lipinski definition) is 1. The molecule has 0 fully saturated rings. The van der Waals surface area contributed by atoms with Crippen molar-refractivity contribution >= 4 is 34.8 Å². The van der Waals surface area contributed by atoms with Crippen LogP contribution in [0.2, 0.25) is 10.0 Å². The Morgan fingerprint density at radius 1 is 1.11 bits per heavy atom. The summed E-state index contributed by atoms with van der Waals surface area (Å²) >= 11 is 11.7. The van der Waals surface area contributed by atoms with Gasteiger partial charge in [-0.15, -0.1) is 0 Å². The number of benzene rings is 1. The second-order valence-corrected chi connectivity index (χ2v) is 5.16. The zero-order chi connectivity index (χ0) is 13.4. The summed E-state index contributed by atoms with van der Waals surface area (Å²) in [5.74, 6) is 0.0323. The second-order valence-electron chi connectivity index (χ2n) is 4.34. The van der Waals surface area contributed by atoms with E-state index >= 15 is 0 Å². The van der Waals surface area contributed by atoms with Gasteiger partial charge in [-0.1, -0.05) is 55.8 Å². The third kappa shape index (κ3) is 5.74. The van der Waals surface area contributed by atoms with Crippen molar-refractivity contribution in [2.24, 2.45) is 0 Å². The Morgan fingerprint density at radius 3 is 2.50 bits per heavy atom. The van der Waals surface area contributed by atoms with E-state index in [-0.39, 0.29) is 5.91 Å². The molecule has 0 atom stereocenters. The quantitative estimate of drug-likeness (QED) is 0.678. The van der Waals surface area contributed by atoms with Crippen molar-refractivity contribution in [1.29, 1.82) is 0 Å². The lowest BCUT2D eigenvalue weighted by molar-refractivity contribution is -0.116. The molecule has 4 heteroatoms. The highest BCUT2D eigenvalue weighted by atomic mass is 35.5. The summed E-state index contributed by atoms with van der Waals surface area (Å²) in [7, 11) is 0. The Labute approximate surface area is 119 Å². The van der Waals surface area contributed by atoms with Crippen LogP contribution in [0, 0.1) is 0 Å². The molecule has 0 spiro atoms. The molecule has 0 aromatic heterocycles. The topological polar surface area (TPSA) is 29.1 Å². The number of unbranched alkanes of at least 4 members (excludes halogenated alkanes) is 4. The Kier molecular flexibility index (Phi) is 7.14. The fourth-order valence-electron chi connectivity index (χ4n) is 1.69. The molecule has 0 heterocycles. The van der Waals surface area contributed by atoms with Gasteiger partial charge in [0.1, 0.15) is 0 Å². The SMILES string of the molecule is CCCCCCCC(=O)Nc1ccc(Cl)c(Cl)c1. The van der Waals surface area contributed by atoms with Crippen LogP contribution < -0.4 is 5.32 Å². The van der Waals surface area contributed by atoms with Crippen LogP contribution in [-0.2, 0) is 4.79 Å². The molecule has 0 aliphatic heterocycles. The fourth-order valence-corrected chi connectivity index (χ4v) is 1.98. The predicted molar refractivity (Wildman–Crippen MR) is 78.5 cm³/mol. The Bertz CT molecular complexity index is 393. The zero-order valence-electron chi connectivity index (χ0n) is 10.6. The molecule has 0 saturated carbocycles. The van der Waals surface area contributed by atoms with Crippen LogP contribution in [0.25, 0.3) is 0 Å². The normalized spacial score (nSPS) is 10.4. The number of rotatable bonds is 7. The highest BCUT2D eigenvalue weighted by molar-refractivity contribution is 6.42. The molecule has 2 nitrogen and oxygen atoms in total. The molecule has 0 bridgehead atoms. The number of halogens is 2. The number of carbonyl (C=O) groups excluding carboxylic acids is 1. The molecule has 1 aromatic rings. The van der Waals surface area contributed by atoms with Crippen LogP contribution in [0.5, 0.6) is 0 Å². The monoisotopic (exact) mass is 287 g/mol. The molecule has 1 amide bonds. The summed E-state index contributed by atoms with van der Waals surface area (Å²) in [6, 6.07) is 5.10. The zero-order valence-corrected chi connectivity index (χ0v) is 12.2. The van der Waals surface area contributed by atoms with Crippen LogP contribution in [-0.4, -0.2) is 5.91 Å². The summed E-state index contributed by atoms with van der Waals surface area (Å²) in [4.78, 5) is 11.7. The third-order valence-corrected chi connectivity index (χ3v) is 3.45. The van der Waals surface area contributed by atoms with Crippen molar-refractivity contribution < 1.29 is 4.79 Å². The maximum absolute atomic E-state index is 11.7. The fraction of sp³-hybridized carbons (Fsp3) is 0.500. The summed E-state index contributed by atoms with van der Waals surface area (Å²) < 4.78 is 0. The first kappa shape index (κ1) is 15.3. The van der Waals surface area contributed by atoms with E-state index in [1.165, 1.54) is 19.3 Å². The molecule has 1 N–H and O–H groups in total. The maximum Gasteiger partial charge on any atom is 0.224 e. The Balaban J connectivity index is 2.29. The van der Waals surface area contributed by atoms with Crippen LogP contribution in [0.15, 0.2) is 18.2 Å². The molecule has 0 aliphatic rings. The summed E-state index contributed by atoms with van der Waals surface area (Å²) in [6.45, 7) is 2.18. The first-order valence-corrected chi connectivity index (χ1v) is 7.14. The van der Waals surface area contributed by atoms with E-state index in [2.05, 4.69) is 12.2 Å². The van der Waals surface area contributed by atoms with Crippen molar-refractivity contribution in [3.05, 3.63) is 28.2 Å². The van der Waals surface area contributed by atoms with E-state index in [0.717, 1.165) is 12.8 Å². The molecule has 0 saturated heterocycles. The van der Waals surface area contributed by atoms with Crippen LogP contribution in [0.3, 0.4) is 0 Å². The lowest BCUT2D eigenvalue weighted by Gasteiger charge is -2.06. The van der Waals surface area contributed by atoms with Crippen molar-refractivity contribution in [3.63, 3.8) is 0 Å². The van der Waals surface area contributed by atoms with Gasteiger partial charge >= 0.3 is 0 Å². The number of hydrogen-bond acceptors (Lipinski definition) is 1. The van der Waals surface area contributed by atoms with Crippen LogP contribution in [0.4, 0.5) is 5.69 Å². The Hall–Kier alpha value is -0.730. The average Bonchev–Trinajstić information content (AvgIpc) is 2.34. The van der Waals surface area contributed by atoms with Gasteiger partial charge in [0.05, 0.1) is 10.0 Å². The molecule has 18 heavy (non-hydrogen) atoms. The molecule has 1 rings (SSSR count). The van der Waals surface area contributed by atoms with Gasteiger partial charge in [0.2, 0.25) is 5.91 Å². The summed E-state index contributed by atoms with van der Waals surface area (Å²) in [5.41, 5.74) is 0.697. The third-order valence-electron chi connectivity index (χ3n) is 2.71. The van der Waals surface area contributed by atoms with Crippen molar-refractivity contribution in [3.8, 4) is 0 Å². The van der Waals surface area contributed by atoms with Gasteiger partial charge in [0, 0.05) is 12.1 Å². The first-order chi connectivity index (χ1) is 8.63. The van der Waals surface area contributed by atoms with E-state index in [9.17, 15) is 4.79 Å². The van der Waals surface area contributed by atoms with Crippen LogP contribution >= 0.6 is 23.2 Å². The minimum absolute atomic E-state index is 0.0323. The van der Waals surface area contributed by atoms with Crippen molar-refractivity contribution in [2.45, 2.75) is 45.4 Å². The molecular weight excluding hydrogens is 269 g/mol. The summed E-state index contributed by atoms with van der Waals surface area (Å²) in [5, 5.41) is 3.77. The lowest BCUT2D eigenvalue weighted by Crippen LogP contribution is -2.10. The van der Waals surface area contributed by atoms with E-state index in [0.29, 0.717) is 22.2 Å². The Morgan fingerprint density at radius 2 is 1.83 bits per heavy atom. The highest BCUT2D eigenvalue weighted by Gasteiger charge is 2.04. The number of anilines is 1. The highest BCUT2D eigenvalue weighted by Crippen LogP contribution is 2.25. The minimum Gasteiger partial charge on any atom is -0.326 e. The predicted octanol–water partition coefficient (Wildman–Crippen LogP) is 5.29. The molecule has 0 unspecified atom stereocenters. The van der Waals surface area contributed by atoms with Gasteiger partial charge in [0.25, 0.3) is 0 Å². The largest absolute Gasteiger partial charge is 0.326 e. The molecule has 0 aliphatic carbocycles. The van der Waals surface area contributed by atoms with E-state index in [1.54, 1.807) is 18.2 Å². The molecule has 0 radical (unpaired) electrons. The average molecular weight is 288 g/mol. The van der Waals surface area contributed by atoms with E-state index in [1.807, 2.05) is 0 Å². The van der Waals surface area contributed by atoms with Gasteiger partial charge in [-0.2, -0.15) is 0 Å². The first-order valence-electron chi connectivity index (χ1n) is 6.38. The van der Waals surface area contributed by atoms with Gasteiger partial charge in [0.15, 0.2) is 0 Å². The minimum atomic E-state index is 0.0323. The van der Waals surface area contributed by atoms with Gasteiger partial charge < -0.3 is 5.32 Å². The summed E-state index contributed by atoms with van der Waals surface area (Å²) in [6.07, 6.45) is 6.28. The lowest BCUT2D eigenvalue weighted by atomic mass is 10.1. The molecule has 100 valence electrons. The van der Waals surface area contributed by atoms with Crippen LogP contribution in [0.1, 0.15) is 45.4 Å². The standard InChI is InChI=1S/C14H19Cl2NO/c1-2-3-4-5-6-7-14(18)17-11-8-9-12(15)13(16)10-11/h8-10H,2-7H2,1H3,(H,17,18). The van der Waals surface area contributed by atoms with Gasteiger partial charge in [-0.3, -0.25) is 4.79 Å². The van der Waals surface area contributed by atoms with Gasteiger partial charge in [-0.05, 0) is 24.6 Å². The number of amides is 1.